The van der Waals surface area contributed by atoms with E-state index in [2.05, 4.69) is 60.2 Å². The minimum atomic E-state index is 1.18. The minimum absolute atomic E-state index is 1.18. The van der Waals surface area contributed by atoms with Crippen LogP contribution in [0.4, 0.5) is 0 Å². The molecule has 0 aromatic heterocycles. The van der Waals surface area contributed by atoms with E-state index in [4.69, 9.17) is 0 Å². The van der Waals surface area contributed by atoms with Gasteiger partial charge in [-0.15, -0.1) is 0 Å². The molecule has 11 heavy (non-hydrogen) atoms. The van der Waals surface area contributed by atoms with Crippen LogP contribution >= 0.6 is 22.6 Å². The summed E-state index contributed by atoms with van der Waals surface area (Å²) in [5.41, 5.74) is 1.37. The van der Waals surface area contributed by atoms with E-state index in [0.717, 1.165) is 0 Å². The molecule has 1 aromatic carbocycles. The van der Waals surface area contributed by atoms with Crippen molar-refractivity contribution in [3.05, 3.63) is 39.8 Å². The van der Waals surface area contributed by atoms with Crippen LogP contribution in [0, 0.1) is 9.99 Å². The van der Waals surface area contributed by atoms with Gasteiger partial charge in [-0.05, 0) is 47.1 Å². The third-order valence-corrected chi connectivity index (χ3v) is 2.54. The first kappa shape index (κ1) is 9.04. The van der Waals surface area contributed by atoms with Crippen LogP contribution in [-0.4, -0.2) is 0 Å². The summed E-state index contributed by atoms with van der Waals surface area (Å²) in [6, 6.07) is 8.47. The number of hydrogen-bond acceptors (Lipinski definition) is 0. The Balaban J connectivity index is 2.62. The molecule has 0 heterocycles. The maximum absolute atomic E-state index is 2.37. The van der Waals surface area contributed by atoms with E-state index in [1.165, 1.54) is 22.0 Å². The molecule has 1 heteroatoms. The molecule has 0 aliphatic carbocycles. The van der Waals surface area contributed by atoms with Crippen molar-refractivity contribution in [1.29, 1.82) is 0 Å². The van der Waals surface area contributed by atoms with Gasteiger partial charge in [0, 0.05) is 3.57 Å². The second-order valence-electron chi connectivity index (χ2n) is 2.51. The second-order valence-corrected chi connectivity index (χ2v) is 3.68. The van der Waals surface area contributed by atoms with Crippen LogP contribution < -0.4 is 0 Å². The highest BCUT2D eigenvalue weighted by Crippen LogP contribution is 2.15. The van der Waals surface area contributed by atoms with Crippen molar-refractivity contribution in [3.63, 3.8) is 0 Å². The molecule has 0 fully saturated rings. The fourth-order valence-electron chi connectivity index (χ4n) is 0.940. The van der Waals surface area contributed by atoms with Crippen molar-refractivity contribution in [1.82, 2.24) is 0 Å². The van der Waals surface area contributed by atoms with Crippen molar-refractivity contribution in [3.8, 4) is 0 Å². The summed E-state index contributed by atoms with van der Waals surface area (Å²) in [4.78, 5) is 0. The average molecular weight is 259 g/mol. The zero-order valence-electron chi connectivity index (χ0n) is 6.68. The summed E-state index contributed by atoms with van der Waals surface area (Å²) >= 11 is 2.37. The molecule has 1 radical (unpaired) electrons. The largest absolute Gasteiger partial charge is 0.0654 e. The first-order chi connectivity index (χ1) is 5.34. The summed E-state index contributed by atoms with van der Waals surface area (Å²) in [6.07, 6.45) is 4.70. The summed E-state index contributed by atoms with van der Waals surface area (Å²) < 4.78 is 1.35. The molecule has 0 bridgehead atoms. The number of rotatable bonds is 3. The molecular weight excluding hydrogens is 247 g/mol. The molecule has 0 spiro atoms. The topological polar surface area (TPSA) is 0 Å². The average Bonchev–Trinajstić information content (AvgIpc) is 2.03. The molecule has 0 N–H and O–H groups in total. The maximum Gasteiger partial charge on any atom is 0.0165 e. The van der Waals surface area contributed by atoms with Crippen LogP contribution in [0.3, 0.4) is 0 Å². The molecule has 0 aliphatic rings. The van der Waals surface area contributed by atoms with Gasteiger partial charge < -0.3 is 0 Å². The van der Waals surface area contributed by atoms with Gasteiger partial charge in [-0.25, -0.2) is 0 Å². The Bertz CT molecular complexity index is 218. The molecule has 0 aliphatic heterocycles. The summed E-state index contributed by atoms with van der Waals surface area (Å²) in [7, 11) is 0. The molecule has 59 valence electrons. The Morgan fingerprint density at radius 3 is 2.73 bits per heavy atom. The van der Waals surface area contributed by atoms with Gasteiger partial charge in [0.2, 0.25) is 0 Å². The molecule has 1 aromatic rings. The van der Waals surface area contributed by atoms with E-state index < -0.39 is 0 Å². The van der Waals surface area contributed by atoms with E-state index in [1.54, 1.807) is 0 Å². The Hall–Kier alpha value is -0.0500. The van der Waals surface area contributed by atoms with Crippen LogP contribution in [-0.2, 0) is 0 Å². The molecule has 0 nitrogen and oxygen atoms in total. The monoisotopic (exact) mass is 259 g/mol. The van der Waals surface area contributed by atoms with Gasteiger partial charge >= 0.3 is 0 Å². The predicted molar refractivity (Wildman–Crippen MR) is 57.5 cm³/mol. The highest BCUT2D eigenvalue weighted by atomic mass is 127. The van der Waals surface area contributed by atoms with E-state index in [1.807, 2.05) is 0 Å². The third kappa shape index (κ3) is 2.81. The van der Waals surface area contributed by atoms with E-state index in [9.17, 15) is 0 Å². The maximum atomic E-state index is 2.37. The van der Waals surface area contributed by atoms with E-state index in [0.29, 0.717) is 0 Å². The lowest BCUT2D eigenvalue weighted by Crippen LogP contribution is -1.84. The molecule has 1 rings (SSSR count). The van der Waals surface area contributed by atoms with Gasteiger partial charge in [0.25, 0.3) is 0 Å². The smallest absolute Gasteiger partial charge is 0.0165 e. The first-order valence-electron chi connectivity index (χ1n) is 3.92. The Morgan fingerprint density at radius 1 is 1.36 bits per heavy atom. The van der Waals surface area contributed by atoms with Crippen molar-refractivity contribution >= 4 is 22.6 Å². The number of unbranched alkanes of at least 4 members (excludes halogenated alkanes) is 1. The van der Waals surface area contributed by atoms with Crippen LogP contribution in [0.25, 0.3) is 0 Å². The van der Waals surface area contributed by atoms with Crippen molar-refractivity contribution in [2.45, 2.75) is 19.8 Å². The predicted octanol–water partition coefficient (Wildman–Crippen LogP) is 3.64. The van der Waals surface area contributed by atoms with Crippen LogP contribution in [0.2, 0.25) is 0 Å². The summed E-state index contributed by atoms with van der Waals surface area (Å²) in [5, 5.41) is 0. The van der Waals surface area contributed by atoms with Crippen molar-refractivity contribution in [2.75, 3.05) is 0 Å². The fourth-order valence-corrected chi connectivity index (χ4v) is 1.55. The quantitative estimate of drug-likeness (QED) is 0.727. The van der Waals surface area contributed by atoms with Crippen molar-refractivity contribution in [2.24, 2.45) is 0 Å². The van der Waals surface area contributed by atoms with Gasteiger partial charge in [0.15, 0.2) is 0 Å². The fraction of sp³-hybridized carbons (Fsp3) is 0.300. The summed E-state index contributed by atoms with van der Waals surface area (Å²) in [5.74, 6) is 0. The summed E-state index contributed by atoms with van der Waals surface area (Å²) in [6.45, 7) is 2.20. The van der Waals surface area contributed by atoms with E-state index in [-0.39, 0.29) is 0 Å². The Labute approximate surface area is 82.2 Å². The SMILES string of the molecule is CCC[CH]c1ccccc1I. The van der Waals surface area contributed by atoms with Gasteiger partial charge in [0.05, 0.1) is 0 Å². The zero-order valence-corrected chi connectivity index (χ0v) is 8.84. The molecule has 0 saturated heterocycles. The molecule has 0 atom stereocenters. The van der Waals surface area contributed by atoms with Crippen LogP contribution in [0.1, 0.15) is 25.3 Å². The highest BCUT2D eigenvalue weighted by Gasteiger charge is 1.95. The number of hydrogen-bond donors (Lipinski definition) is 0. The minimum Gasteiger partial charge on any atom is -0.0654 e. The Kier molecular flexibility index (Phi) is 3.91. The number of benzene rings is 1. The zero-order chi connectivity index (χ0) is 8.10. The lowest BCUT2D eigenvalue weighted by Gasteiger charge is -2.00. The molecule has 0 amide bonds. The van der Waals surface area contributed by atoms with Gasteiger partial charge in [-0.2, -0.15) is 0 Å². The standard InChI is InChI=1S/C10H12I/c1-2-3-6-9-7-4-5-8-10(9)11/h4-8H,2-3H2,1H3. The van der Waals surface area contributed by atoms with Gasteiger partial charge in [-0.3, -0.25) is 0 Å². The molecule has 0 saturated carbocycles. The Morgan fingerprint density at radius 2 is 2.09 bits per heavy atom. The van der Waals surface area contributed by atoms with Crippen LogP contribution in [0.15, 0.2) is 24.3 Å². The normalized spacial score (nSPS) is 10.0. The molecular formula is C10H12I. The van der Waals surface area contributed by atoms with Gasteiger partial charge in [-0.1, -0.05) is 31.5 Å². The van der Waals surface area contributed by atoms with E-state index >= 15 is 0 Å². The third-order valence-electron chi connectivity index (χ3n) is 1.56. The highest BCUT2D eigenvalue weighted by molar-refractivity contribution is 14.1. The van der Waals surface area contributed by atoms with Gasteiger partial charge in [0.1, 0.15) is 0 Å². The lowest BCUT2D eigenvalue weighted by atomic mass is 10.1. The first-order valence-corrected chi connectivity index (χ1v) is 5.00. The molecule has 0 unspecified atom stereocenters. The second kappa shape index (κ2) is 4.75. The van der Waals surface area contributed by atoms with Crippen LogP contribution in [0.5, 0.6) is 0 Å². The lowest BCUT2D eigenvalue weighted by molar-refractivity contribution is 0.912. The number of halogens is 1. The van der Waals surface area contributed by atoms with Crippen molar-refractivity contribution < 1.29 is 0 Å².